The topological polar surface area (TPSA) is 49.9 Å². The molecule has 1 heterocycles. The van der Waals surface area contributed by atoms with Crippen LogP contribution < -0.4 is 4.74 Å². The summed E-state index contributed by atoms with van der Waals surface area (Å²) in [7, 11) is 0. The molecule has 1 aliphatic carbocycles. The van der Waals surface area contributed by atoms with Gasteiger partial charge in [-0.25, -0.2) is 0 Å². The van der Waals surface area contributed by atoms with Crippen molar-refractivity contribution in [3.63, 3.8) is 0 Å². The average molecular weight is 441 g/mol. The third-order valence-electron chi connectivity index (χ3n) is 6.73. The second-order valence-corrected chi connectivity index (χ2v) is 8.62. The number of ketones is 2. The van der Waals surface area contributed by atoms with Crippen LogP contribution in [0.4, 0.5) is 0 Å². The fourth-order valence-corrected chi connectivity index (χ4v) is 5.16. The minimum atomic E-state index is -1.34. The monoisotopic (exact) mass is 440 g/mol. The number of ether oxygens (including phenoxy) is 1. The van der Waals surface area contributed by atoms with E-state index in [4.69, 9.17) is 4.74 Å². The zero-order chi connectivity index (χ0) is 22.8. The first-order chi connectivity index (χ1) is 16.1. The largest absolute Gasteiger partial charge is 0.494 e. The number of benzene rings is 3. The van der Waals surface area contributed by atoms with Gasteiger partial charge in [0.25, 0.3) is 0 Å². The smallest absolute Gasteiger partial charge is 0.196 e. The van der Waals surface area contributed by atoms with Crippen LogP contribution in [0.5, 0.6) is 5.75 Å². The van der Waals surface area contributed by atoms with Gasteiger partial charge in [0.2, 0.25) is 0 Å². The first-order valence-electron chi connectivity index (χ1n) is 11.6. The summed E-state index contributed by atoms with van der Waals surface area (Å²) in [6, 6.07) is 25.1. The fraction of sp³-hybridized carbons (Fsp3) is 0.286. The minimum Gasteiger partial charge on any atom is -0.494 e. The van der Waals surface area contributed by atoms with E-state index in [0.29, 0.717) is 42.1 Å². The Morgan fingerprint density at radius 2 is 1.42 bits per heavy atom. The first kappa shape index (κ1) is 21.6. The van der Waals surface area contributed by atoms with Crippen molar-refractivity contribution >= 4 is 11.6 Å². The third kappa shape index (κ3) is 3.67. The Morgan fingerprint density at radius 3 is 2.06 bits per heavy atom. The molecular weight excluding hydrogens is 412 g/mol. The van der Waals surface area contributed by atoms with Crippen LogP contribution in [0.2, 0.25) is 0 Å². The number of fused-ring (bicyclic) bond motifs is 1. The van der Waals surface area contributed by atoms with Crippen LogP contribution in [-0.4, -0.2) is 54.2 Å². The maximum atomic E-state index is 14.0. The van der Waals surface area contributed by atoms with Gasteiger partial charge < -0.3 is 4.74 Å². The number of carbonyl (C=O) groups is 2. The highest BCUT2D eigenvalue weighted by molar-refractivity contribution is 6.32. The summed E-state index contributed by atoms with van der Waals surface area (Å²) < 4.78 is 5.72. The lowest BCUT2D eigenvalue weighted by molar-refractivity contribution is 0.0278. The zero-order valence-electron chi connectivity index (χ0n) is 18.9. The SMILES string of the molecule is CCOc1cccc(C2(N3CCN(Cc4ccccc4)CC3)C(=O)c3ccccc3C2=O)c1. The van der Waals surface area contributed by atoms with Crippen LogP contribution >= 0.6 is 0 Å². The summed E-state index contributed by atoms with van der Waals surface area (Å²) in [5.74, 6) is 0.412. The molecule has 3 aromatic rings. The molecule has 0 unspecified atom stereocenters. The average Bonchev–Trinajstić information content (AvgIpc) is 3.08. The molecule has 3 aromatic carbocycles. The van der Waals surface area contributed by atoms with E-state index in [1.807, 2.05) is 49.4 Å². The Balaban J connectivity index is 1.49. The van der Waals surface area contributed by atoms with Gasteiger partial charge in [0.15, 0.2) is 17.1 Å². The van der Waals surface area contributed by atoms with Gasteiger partial charge in [-0.3, -0.25) is 19.4 Å². The molecule has 1 aliphatic heterocycles. The molecule has 0 aromatic heterocycles. The Morgan fingerprint density at radius 1 is 0.788 bits per heavy atom. The molecule has 0 spiro atoms. The van der Waals surface area contributed by atoms with E-state index in [1.165, 1.54) is 5.56 Å². The lowest BCUT2D eigenvalue weighted by Gasteiger charge is -2.44. The van der Waals surface area contributed by atoms with Crippen LogP contribution in [0.15, 0.2) is 78.9 Å². The van der Waals surface area contributed by atoms with Gasteiger partial charge >= 0.3 is 0 Å². The van der Waals surface area contributed by atoms with Gasteiger partial charge in [-0.05, 0) is 30.2 Å². The van der Waals surface area contributed by atoms with Crippen molar-refractivity contribution in [3.05, 3.63) is 101 Å². The van der Waals surface area contributed by atoms with Crippen molar-refractivity contribution in [2.45, 2.75) is 19.0 Å². The Labute approximate surface area is 194 Å². The Hall–Kier alpha value is -3.28. The number of piperazine rings is 1. The summed E-state index contributed by atoms with van der Waals surface area (Å²) in [6.45, 7) is 6.17. The maximum absolute atomic E-state index is 14.0. The van der Waals surface area contributed by atoms with Gasteiger partial charge in [0, 0.05) is 43.9 Å². The number of hydrogen-bond donors (Lipinski definition) is 0. The first-order valence-corrected chi connectivity index (χ1v) is 11.6. The molecule has 168 valence electrons. The fourth-order valence-electron chi connectivity index (χ4n) is 5.16. The molecule has 0 atom stereocenters. The maximum Gasteiger partial charge on any atom is 0.196 e. The highest BCUT2D eigenvalue weighted by Crippen LogP contribution is 2.43. The molecule has 0 bridgehead atoms. The van der Waals surface area contributed by atoms with Gasteiger partial charge in [-0.2, -0.15) is 0 Å². The van der Waals surface area contributed by atoms with E-state index in [-0.39, 0.29) is 11.6 Å². The standard InChI is InChI=1S/C28H28N2O3/c1-2-33-23-12-8-11-22(19-23)28(26(31)24-13-6-7-14-25(24)27(28)32)30-17-15-29(16-18-30)20-21-9-4-3-5-10-21/h3-14,19H,2,15-18,20H2,1H3. The van der Waals surface area contributed by atoms with Crippen molar-refractivity contribution in [2.24, 2.45) is 0 Å². The highest BCUT2D eigenvalue weighted by atomic mass is 16.5. The van der Waals surface area contributed by atoms with Crippen LogP contribution in [0, 0.1) is 0 Å². The van der Waals surface area contributed by atoms with Crippen molar-refractivity contribution < 1.29 is 14.3 Å². The minimum absolute atomic E-state index is 0.131. The molecule has 0 radical (unpaired) electrons. The lowest BCUT2D eigenvalue weighted by atomic mass is 9.82. The van der Waals surface area contributed by atoms with Crippen LogP contribution in [-0.2, 0) is 12.1 Å². The van der Waals surface area contributed by atoms with E-state index in [9.17, 15) is 9.59 Å². The summed E-state index contributed by atoms with van der Waals surface area (Å²) >= 11 is 0. The van der Waals surface area contributed by atoms with Crippen LogP contribution in [0.1, 0.15) is 38.8 Å². The van der Waals surface area contributed by atoms with E-state index in [2.05, 4.69) is 34.1 Å². The van der Waals surface area contributed by atoms with E-state index < -0.39 is 5.54 Å². The predicted octanol–water partition coefficient (Wildman–Crippen LogP) is 4.18. The molecule has 0 saturated carbocycles. The van der Waals surface area contributed by atoms with Crippen molar-refractivity contribution in [1.29, 1.82) is 0 Å². The zero-order valence-corrected chi connectivity index (χ0v) is 18.9. The highest BCUT2D eigenvalue weighted by Gasteiger charge is 2.58. The second-order valence-electron chi connectivity index (χ2n) is 8.62. The summed E-state index contributed by atoms with van der Waals surface area (Å²) in [4.78, 5) is 32.4. The molecular formula is C28H28N2O3. The normalized spacial score (nSPS) is 18.3. The van der Waals surface area contributed by atoms with Crippen molar-refractivity contribution in [3.8, 4) is 5.75 Å². The number of hydrogen-bond acceptors (Lipinski definition) is 5. The van der Waals surface area contributed by atoms with Crippen molar-refractivity contribution in [1.82, 2.24) is 9.80 Å². The summed E-state index contributed by atoms with van der Waals surface area (Å²) in [5, 5.41) is 0. The van der Waals surface area contributed by atoms with E-state index in [1.54, 1.807) is 12.1 Å². The summed E-state index contributed by atoms with van der Waals surface area (Å²) in [6.07, 6.45) is 0. The molecule has 0 N–H and O–H groups in total. The molecule has 5 rings (SSSR count). The predicted molar refractivity (Wildman–Crippen MR) is 128 cm³/mol. The number of nitrogens with zero attached hydrogens (tertiary/aromatic N) is 2. The molecule has 1 saturated heterocycles. The van der Waals surface area contributed by atoms with Crippen LogP contribution in [0.3, 0.4) is 0 Å². The lowest BCUT2D eigenvalue weighted by Crippen LogP contribution is -2.60. The number of rotatable bonds is 6. The van der Waals surface area contributed by atoms with Gasteiger partial charge in [-0.1, -0.05) is 66.7 Å². The molecule has 33 heavy (non-hydrogen) atoms. The molecule has 5 heteroatoms. The Bertz CT molecular complexity index is 1130. The number of Topliss-reactive ketones (excluding diaryl/α,β-unsaturated/α-hetero) is 2. The molecule has 0 amide bonds. The van der Waals surface area contributed by atoms with Crippen LogP contribution in [0.25, 0.3) is 0 Å². The quantitative estimate of drug-likeness (QED) is 0.539. The molecule has 1 fully saturated rings. The number of carbonyl (C=O) groups excluding carboxylic acids is 2. The van der Waals surface area contributed by atoms with Gasteiger partial charge in [0.1, 0.15) is 5.75 Å². The Kier molecular flexibility index (Phi) is 5.83. The summed E-state index contributed by atoms with van der Waals surface area (Å²) in [5.41, 5.74) is 1.64. The van der Waals surface area contributed by atoms with Crippen molar-refractivity contribution in [2.75, 3.05) is 32.8 Å². The van der Waals surface area contributed by atoms with E-state index in [0.717, 1.165) is 19.6 Å². The van der Waals surface area contributed by atoms with E-state index >= 15 is 0 Å². The molecule has 5 nitrogen and oxygen atoms in total. The second kappa shape index (κ2) is 8.93. The third-order valence-corrected chi connectivity index (χ3v) is 6.73. The van der Waals surface area contributed by atoms with Gasteiger partial charge in [0.05, 0.1) is 6.61 Å². The van der Waals surface area contributed by atoms with Gasteiger partial charge in [-0.15, -0.1) is 0 Å². The molecule has 2 aliphatic rings.